The highest BCUT2D eigenvalue weighted by atomic mass is 16.5. The van der Waals surface area contributed by atoms with Crippen molar-refractivity contribution in [3.05, 3.63) is 36.5 Å². The lowest BCUT2D eigenvalue weighted by atomic mass is 9.91. The highest BCUT2D eigenvalue weighted by Gasteiger charge is 2.24. The van der Waals surface area contributed by atoms with Crippen LogP contribution < -0.4 is 0 Å². The predicted octanol–water partition coefficient (Wildman–Crippen LogP) is 2.28. The van der Waals surface area contributed by atoms with Crippen molar-refractivity contribution in [2.24, 2.45) is 5.92 Å². The Kier molecular flexibility index (Phi) is 4.33. The number of hydrogen-bond acceptors (Lipinski definition) is 2. The number of ketones is 1. The maximum absolute atomic E-state index is 11.6. The van der Waals surface area contributed by atoms with Gasteiger partial charge in [-0.25, -0.2) is 0 Å². The maximum atomic E-state index is 11.6. The molecule has 1 aliphatic heterocycles. The molecule has 0 saturated carbocycles. The van der Waals surface area contributed by atoms with Crippen LogP contribution in [0, 0.1) is 5.92 Å². The second-order valence-corrected chi connectivity index (χ2v) is 3.23. The molecule has 1 rings (SSSR count). The van der Waals surface area contributed by atoms with E-state index in [1.807, 2.05) is 25.2 Å². The Morgan fingerprint density at radius 3 is 3.00 bits per heavy atom. The number of hydrogen-bond donors (Lipinski definition) is 0. The molecule has 2 nitrogen and oxygen atoms in total. The van der Waals surface area contributed by atoms with E-state index in [1.54, 1.807) is 6.08 Å². The van der Waals surface area contributed by atoms with Gasteiger partial charge in [0.25, 0.3) is 0 Å². The lowest BCUT2D eigenvalue weighted by molar-refractivity contribution is -0.128. The summed E-state index contributed by atoms with van der Waals surface area (Å²) in [5, 5.41) is 0. The molecule has 0 aromatic heterocycles. The largest absolute Gasteiger partial charge is 0.380 e. The van der Waals surface area contributed by atoms with Crippen LogP contribution in [0.1, 0.15) is 13.3 Å². The summed E-state index contributed by atoms with van der Waals surface area (Å²) < 4.78 is 5.29. The van der Waals surface area contributed by atoms with E-state index in [0.29, 0.717) is 19.6 Å². The Morgan fingerprint density at radius 2 is 2.43 bits per heavy atom. The highest BCUT2D eigenvalue weighted by Crippen LogP contribution is 2.19. The molecule has 1 fully saturated rings. The minimum absolute atomic E-state index is 0.0788. The number of ether oxygens (including phenoxy) is 1. The molecule has 1 unspecified atom stereocenters. The molecule has 0 aromatic rings. The topological polar surface area (TPSA) is 26.3 Å². The van der Waals surface area contributed by atoms with Gasteiger partial charge in [-0.3, -0.25) is 4.79 Å². The van der Waals surface area contributed by atoms with Gasteiger partial charge in [0.1, 0.15) is 5.78 Å². The van der Waals surface area contributed by atoms with Gasteiger partial charge in [-0.1, -0.05) is 30.9 Å². The summed E-state index contributed by atoms with van der Waals surface area (Å²) >= 11 is 0. The van der Waals surface area contributed by atoms with Crippen LogP contribution in [0.15, 0.2) is 36.5 Å². The summed E-state index contributed by atoms with van der Waals surface area (Å²) in [5.74, 6) is 0.197. The van der Waals surface area contributed by atoms with Crippen molar-refractivity contribution in [2.75, 3.05) is 13.2 Å². The van der Waals surface area contributed by atoms with Crippen LogP contribution in [0.2, 0.25) is 0 Å². The lowest BCUT2D eigenvalue weighted by Crippen LogP contribution is -2.28. The monoisotopic (exact) mass is 192 g/mol. The van der Waals surface area contributed by atoms with E-state index < -0.39 is 0 Å². The van der Waals surface area contributed by atoms with Gasteiger partial charge in [0, 0.05) is 6.42 Å². The molecule has 1 saturated heterocycles. The Labute approximate surface area is 85.0 Å². The maximum Gasteiger partial charge on any atom is 0.144 e. The molecule has 2 heteroatoms. The summed E-state index contributed by atoms with van der Waals surface area (Å²) in [6, 6.07) is 0. The van der Waals surface area contributed by atoms with Gasteiger partial charge in [-0.2, -0.15) is 0 Å². The lowest BCUT2D eigenvalue weighted by Gasteiger charge is -2.21. The number of allylic oxidation sites excluding steroid dienone is 4. The smallest absolute Gasteiger partial charge is 0.144 e. The fraction of sp³-hybridized carbons (Fsp3) is 0.417. The molecule has 0 spiro atoms. The zero-order chi connectivity index (χ0) is 10.4. The van der Waals surface area contributed by atoms with Gasteiger partial charge in [0.2, 0.25) is 0 Å². The van der Waals surface area contributed by atoms with Crippen LogP contribution in [0.3, 0.4) is 0 Å². The van der Waals surface area contributed by atoms with Crippen LogP contribution in [-0.4, -0.2) is 19.0 Å². The molecule has 0 bridgehead atoms. The standard InChI is InChI=1S/C12H16O2/c1-3-5-6-10(4-2)11-9-14-8-7-12(11)13/h3-6,11H,1,7-9H2,2H3/b6-5-,10-4+. The van der Waals surface area contributed by atoms with Gasteiger partial charge >= 0.3 is 0 Å². The third-order valence-electron chi connectivity index (χ3n) is 2.33. The third-order valence-corrected chi connectivity index (χ3v) is 2.33. The molecule has 76 valence electrons. The van der Waals surface area contributed by atoms with E-state index in [-0.39, 0.29) is 11.7 Å². The molecule has 1 heterocycles. The van der Waals surface area contributed by atoms with Crippen LogP contribution in [0.25, 0.3) is 0 Å². The Hall–Kier alpha value is -1.15. The van der Waals surface area contributed by atoms with E-state index in [4.69, 9.17) is 4.74 Å². The minimum atomic E-state index is -0.0788. The molecule has 14 heavy (non-hydrogen) atoms. The van der Waals surface area contributed by atoms with Gasteiger partial charge in [-0.05, 0) is 12.5 Å². The van der Waals surface area contributed by atoms with E-state index in [2.05, 4.69) is 6.58 Å². The summed E-state index contributed by atoms with van der Waals surface area (Å²) in [6.07, 6.45) is 7.96. The third kappa shape index (κ3) is 2.67. The molecule has 0 aliphatic carbocycles. The van der Waals surface area contributed by atoms with Gasteiger partial charge in [0.05, 0.1) is 19.1 Å². The zero-order valence-corrected chi connectivity index (χ0v) is 8.53. The first kappa shape index (κ1) is 10.9. The van der Waals surface area contributed by atoms with Crippen LogP contribution in [-0.2, 0) is 9.53 Å². The van der Waals surface area contributed by atoms with Crippen molar-refractivity contribution in [1.29, 1.82) is 0 Å². The van der Waals surface area contributed by atoms with E-state index in [9.17, 15) is 4.79 Å². The fourth-order valence-electron chi connectivity index (χ4n) is 1.52. The highest BCUT2D eigenvalue weighted by molar-refractivity contribution is 5.85. The number of carbonyl (C=O) groups excluding carboxylic acids is 1. The van der Waals surface area contributed by atoms with E-state index in [0.717, 1.165) is 5.57 Å². The zero-order valence-electron chi connectivity index (χ0n) is 8.53. The molecular weight excluding hydrogens is 176 g/mol. The van der Waals surface area contributed by atoms with Crippen molar-refractivity contribution < 1.29 is 9.53 Å². The van der Waals surface area contributed by atoms with Crippen molar-refractivity contribution in [1.82, 2.24) is 0 Å². The number of rotatable bonds is 3. The van der Waals surface area contributed by atoms with Crippen LogP contribution in [0.4, 0.5) is 0 Å². The average molecular weight is 192 g/mol. The Balaban J connectivity index is 2.72. The first-order valence-corrected chi connectivity index (χ1v) is 4.85. The normalized spacial score (nSPS) is 24.2. The van der Waals surface area contributed by atoms with Crippen LogP contribution in [0.5, 0.6) is 0 Å². The van der Waals surface area contributed by atoms with Crippen molar-refractivity contribution in [2.45, 2.75) is 13.3 Å². The number of Topliss-reactive ketones (excluding diaryl/α,β-unsaturated/α-hetero) is 1. The Morgan fingerprint density at radius 1 is 1.64 bits per heavy atom. The Bertz CT molecular complexity index is 274. The second-order valence-electron chi connectivity index (χ2n) is 3.23. The minimum Gasteiger partial charge on any atom is -0.380 e. The van der Waals surface area contributed by atoms with Crippen molar-refractivity contribution in [3.63, 3.8) is 0 Å². The second kappa shape index (κ2) is 5.55. The molecular formula is C12H16O2. The molecule has 0 radical (unpaired) electrons. The average Bonchev–Trinajstić information content (AvgIpc) is 2.21. The number of carbonyl (C=O) groups is 1. The van der Waals surface area contributed by atoms with Gasteiger partial charge in [0.15, 0.2) is 0 Å². The van der Waals surface area contributed by atoms with Crippen LogP contribution >= 0.6 is 0 Å². The van der Waals surface area contributed by atoms with Gasteiger partial charge in [-0.15, -0.1) is 0 Å². The quantitative estimate of drug-likeness (QED) is 0.641. The summed E-state index contributed by atoms with van der Waals surface area (Å²) in [4.78, 5) is 11.6. The van der Waals surface area contributed by atoms with E-state index >= 15 is 0 Å². The van der Waals surface area contributed by atoms with Crippen molar-refractivity contribution in [3.8, 4) is 0 Å². The molecule has 1 atom stereocenters. The van der Waals surface area contributed by atoms with Crippen molar-refractivity contribution >= 4 is 5.78 Å². The molecule has 0 aromatic carbocycles. The SMILES string of the molecule is C=C/C=C\C(=C/C)C1COCCC1=O. The molecule has 0 N–H and O–H groups in total. The molecule has 1 aliphatic rings. The summed E-state index contributed by atoms with van der Waals surface area (Å²) in [6.45, 7) is 6.62. The summed E-state index contributed by atoms with van der Waals surface area (Å²) in [5.41, 5.74) is 1.02. The first-order chi connectivity index (χ1) is 6.79. The first-order valence-electron chi connectivity index (χ1n) is 4.85. The molecule has 0 amide bonds. The summed E-state index contributed by atoms with van der Waals surface area (Å²) in [7, 11) is 0. The fourth-order valence-corrected chi connectivity index (χ4v) is 1.52. The predicted molar refractivity (Wildman–Crippen MR) is 57.0 cm³/mol. The van der Waals surface area contributed by atoms with Gasteiger partial charge < -0.3 is 4.74 Å². The van der Waals surface area contributed by atoms with E-state index in [1.165, 1.54) is 0 Å².